The average molecular weight is 1150 g/mol. The summed E-state index contributed by atoms with van der Waals surface area (Å²) in [6.07, 6.45) is 71.9. The summed E-state index contributed by atoms with van der Waals surface area (Å²) in [6, 6.07) is -0.715. The van der Waals surface area contributed by atoms with Gasteiger partial charge in [0.15, 0.2) is 6.29 Å². The van der Waals surface area contributed by atoms with E-state index in [0.717, 1.165) is 38.5 Å². The highest BCUT2D eigenvalue weighted by Crippen LogP contribution is 2.24. The SMILES string of the molecule is CCCCCCCCCCCCCCCCCCCCCCCCCCCCCCCCC(O)C(COC1OC(CO)C(O)C(O)C1O)NC(=O)CCCCCCCCCCCCCCCCCCCCCCCCCCCCCC. The number of amides is 1. The van der Waals surface area contributed by atoms with E-state index in [9.17, 15) is 30.3 Å². The van der Waals surface area contributed by atoms with Crippen molar-refractivity contribution < 1.29 is 39.8 Å². The number of unbranched alkanes of at least 4 members (excludes halogenated alkanes) is 56. The van der Waals surface area contributed by atoms with Crippen LogP contribution < -0.4 is 5.32 Å². The van der Waals surface area contributed by atoms with Crippen molar-refractivity contribution in [1.82, 2.24) is 5.32 Å². The van der Waals surface area contributed by atoms with E-state index >= 15 is 0 Å². The van der Waals surface area contributed by atoms with Crippen LogP contribution in [-0.2, 0) is 14.3 Å². The third-order valence-corrected chi connectivity index (χ3v) is 18.2. The second-order valence-electron chi connectivity index (χ2n) is 26.1. The molecule has 81 heavy (non-hydrogen) atoms. The number of hydrogen-bond acceptors (Lipinski definition) is 8. The Morgan fingerprint density at radius 2 is 0.617 bits per heavy atom. The zero-order valence-corrected chi connectivity index (χ0v) is 54.3. The van der Waals surface area contributed by atoms with Gasteiger partial charge in [0.05, 0.1) is 25.4 Å². The number of ether oxygens (including phenoxy) is 2. The number of aliphatic hydroxyl groups is 5. The molecule has 0 aromatic rings. The molecule has 9 heteroatoms. The zero-order valence-electron chi connectivity index (χ0n) is 54.3. The summed E-state index contributed by atoms with van der Waals surface area (Å²) in [7, 11) is 0. The molecule has 484 valence electrons. The quantitative estimate of drug-likeness (QED) is 0.0330. The van der Waals surface area contributed by atoms with Crippen LogP contribution in [-0.4, -0.2) is 87.5 Å². The van der Waals surface area contributed by atoms with E-state index in [1.807, 2.05) is 0 Å². The Kier molecular flexibility index (Phi) is 60.1. The average Bonchev–Trinajstić information content (AvgIpc) is 3.50. The zero-order chi connectivity index (χ0) is 58.6. The summed E-state index contributed by atoms with van der Waals surface area (Å²) in [5.41, 5.74) is 0. The highest BCUT2D eigenvalue weighted by atomic mass is 16.7. The Labute approximate surface area is 504 Å². The predicted molar refractivity (Wildman–Crippen MR) is 346 cm³/mol. The molecule has 1 fully saturated rings. The minimum absolute atomic E-state index is 0.130. The van der Waals surface area contributed by atoms with Gasteiger partial charge in [0.1, 0.15) is 24.4 Å². The third kappa shape index (κ3) is 51.0. The highest BCUT2D eigenvalue weighted by Gasteiger charge is 2.44. The first kappa shape index (κ1) is 78.2. The second kappa shape index (κ2) is 62.2. The van der Waals surface area contributed by atoms with Gasteiger partial charge < -0.3 is 40.3 Å². The number of carbonyl (C=O) groups excluding carboxylic acids is 1. The van der Waals surface area contributed by atoms with E-state index in [1.165, 1.54) is 334 Å². The minimum atomic E-state index is -1.55. The molecule has 0 aliphatic carbocycles. The number of aliphatic hydroxyl groups excluding tert-OH is 5. The molecule has 1 saturated heterocycles. The molecule has 0 spiro atoms. The molecule has 9 nitrogen and oxygen atoms in total. The van der Waals surface area contributed by atoms with E-state index in [0.29, 0.717) is 12.8 Å². The Balaban J connectivity index is 2.08. The maximum absolute atomic E-state index is 13.2. The standard InChI is InChI=1S/C72H143NO8/c1-3-5-7-9-11-13-15-17-19-21-23-25-27-29-31-33-34-35-37-39-41-43-45-47-49-51-53-55-57-59-61-66(75)65(64-80-72-71(79)70(78)69(77)67(63-74)81-72)73-68(76)62-60-58-56-54-52-50-48-46-44-42-40-38-36-32-30-28-26-24-22-20-18-16-14-12-10-8-6-4-2/h65-67,69-72,74-75,77-79H,3-64H2,1-2H3,(H,73,76). The fourth-order valence-electron chi connectivity index (χ4n) is 12.5. The van der Waals surface area contributed by atoms with Gasteiger partial charge in [0.2, 0.25) is 5.91 Å². The molecule has 0 aromatic heterocycles. The molecule has 1 amide bonds. The molecule has 6 N–H and O–H groups in total. The Morgan fingerprint density at radius 3 is 0.877 bits per heavy atom. The van der Waals surface area contributed by atoms with E-state index < -0.39 is 49.5 Å². The maximum Gasteiger partial charge on any atom is 0.220 e. The normalized spacial score (nSPS) is 18.2. The van der Waals surface area contributed by atoms with Crippen LogP contribution >= 0.6 is 0 Å². The van der Waals surface area contributed by atoms with Gasteiger partial charge in [0.25, 0.3) is 0 Å². The van der Waals surface area contributed by atoms with Gasteiger partial charge in [-0.2, -0.15) is 0 Å². The van der Waals surface area contributed by atoms with Crippen molar-refractivity contribution in [3.63, 3.8) is 0 Å². The monoisotopic (exact) mass is 1150 g/mol. The van der Waals surface area contributed by atoms with Gasteiger partial charge in [-0.1, -0.05) is 380 Å². The lowest BCUT2D eigenvalue weighted by atomic mass is 9.99. The number of hydrogen-bond donors (Lipinski definition) is 6. The van der Waals surface area contributed by atoms with Gasteiger partial charge in [-0.15, -0.1) is 0 Å². The van der Waals surface area contributed by atoms with E-state index in [1.54, 1.807) is 0 Å². The molecular weight excluding hydrogens is 1010 g/mol. The van der Waals surface area contributed by atoms with Gasteiger partial charge in [-0.25, -0.2) is 0 Å². The van der Waals surface area contributed by atoms with Crippen LogP contribution in [0.15, 0.2) is 0 Å². The molecule has 1 aliphatic heterocycles. The van der Waals surface area contributed by atoms with E-state index in [2.05, 4.69) is 19.2 Å². The molecule has 1 aliphatic rings. The Bertz CT molecular complexity index is 1240. The van der Waals surface area contributed by atoms with Crippen molar-refractivity contribution in [2.24, 2.45) is 0 Å². The topological polar surface area (TPSA) is 149 Å². The van der Waals surface area contributed by atoms with Crippen LogP contribution in [0.4, 0.5) is 0 Å². The number of rotatable bonds is 66. The smallest absolute Gasteiger partial charge is 0.220 e. The molecule has 0 saturated carbocycles. The molecule has 1 rings (SSSR count). The molecule has 0 bridgehead atoms. The number of nitrogens with one attached hydrogen (secondary N) is 1. The maximum atomic E-state index is 13.2. The van der Waals surface area contributed by atoms with Gasteiger partial charge in [0, 0.05) is 6.42 Å². The first-order valence-electron chi connectivity index (χ1n) is 36.7. The Hall–Kier alpha value is -0.810. The van der Waals surface area contributed by atoms with Crippen molar-refractivity contribution in [3.8, 4) is 0 Å². The van der Waals surface area contributed by atoms with Gasteiger partial charge in [-0.05, 0) is 12.8 Å². The fourth-order valence-corrected chi connectivity index (χ4v) is 12.5. The minimum Gasteiger partial charge on any atom is -0.394 e. The molecule has 0 radical (unpaired) electrons. The van der Waals surface area contributed by atoms with E-state index in [4.69, 9.17) is 9.47 Å². The number of carbonyl (C=O) groups is 1. The highest BCUT2D eigenvalue weighted by molar-refractivity contribution is 5.76. The molecule has 1 heterocycles. The summed E-state index contributed by atoms with van der Waals surface area (Å²) in [6.45, 7) is 3.92. The summed E-state index contributed by atoms with van der Waals surface area (Å²) in [5, 5.41) is 55.0. The predicted octanol–water partition coefficient (Wildman–Crippen LogP) is 20.1. The van der Waals surface area contributed by atoms with Crippen LogP contribution in [0.5, 0.6) is 0 Å². The summed E-state index contributed by atoms with van der Waals surface area (Å²) in [4.78, 5) is 13.2. The van der Waals surface area contributed by atoms with Crippen LogP contribution in [0, 0.1) is 0 Å². The summed E-state index contributed by atoms with van der Waals surface area (Å²) >= 11 is 0. The first-order chi connectivity index (χ1) is 39.8. The van der Waals surface area contributed by atoms with Crippen molar-refractivity contribution in [2.75, 3.05) is 13.2 Å². The van der Waals surface area contributed by atoms with Gasteiger partial charge >= 0.3 is 0 Å². The van der Waals surface area contributed by atoms with Crippen molar-refractivity contribution in [1.29, 1.82) is 0 Å². The third-order valence-electron chi connectivity index (χ3n) is 18.2. The molecule has 7 unspecified atom stereocenters. The first-order valence-corrected chi connectivity index (χ1v) is 36.7. The lowest BCUT2D eigenvalue weighted by Gasteiger charge is -2.40. The summed E-state index contributed by atoms with van der Waals surface area (Å²) in [5.74, 6) is -0.132. The van der Waals surface area contributed by atoms with Gasteiger partial charge in [-0.3, -0.25) is 4.79 Å². The fraction of sp³-hybridized carbons (Fsp3) is 0.986. The van der Waals surface area contributed by atoms with Crippen LogP contribution in [0.1, 0.15) is 399 Å². The molecule has 0 aromatic carbocycles. The largest absolute Gasteiger partial charge is 0.394 e. The second-order valence-corrected chi connectivity index (χ2v) is 26.1. The van der Waals surface area contributed by atoms with Crippen LogP contribution in [0.3, 0.4) is 0 Å². The van der Waals surface area contributed by atoms with Crippen molar-refractivity contribution >= 4 is 5.91 Å². The lowest BCUT2D eigenvalue weighted by Crippen LogP contribution is -2.60. The summed E-state index contributed by atoms with van der Waals surface area (Å²) < 4.78 is 11.4. The van der Waals surface area contributed by atoms with Crippen LogP contribution in [0.2, 0.25) is 0 Å². The molecule has 7 atom stereocenters. The van der Waals surface area contributed by atoms with Crippen molar-refractivity contribution in [2.45, 2.75) is 442 Å². The van der Waals surface area contributed by atoms with Crippen LogP contribution in [0.25, 0.3) is 0 Å². The lowest BCUT2D eigenvalue weighted by molar-refractivity contribution is -0.302. The van der Waals surface area contributed by atoms with Crippen molar-refractivity contribution in [3.05, 3.63) is 0 Å². The van der Waals surface area contributed by atoms with E-state index in [-0.39, 0.29) is 12.5 Å². The Morgan fingerprint density at radius 1 is 0.370 bits per heavy atom. The molecular formula is C72H143NO8.